The van der Waals surface area contributed by atoms with Gasteiger partial charge < -0.3 is 10.1 Å². The Balaban J connectivity index is 1.59. The van der Waals surface area contributed by atoms with Gasteiger partial charge >= 0.3 is 5.97 Å². The number of benzene rings is 1. The lowest BCUT2D eigenvalue weighted by molar-refractivity contribution is -0.142. The van der Waals surface area contributed by atoms with Crippen LogP contribution in [0.1, 0.15) is 56.6 Å². The van der Waals surface area contributed by atoms with Crippen molar-refractivity contribution in [2.45, 2.75) is 57.6 Å². The van der Waals surface area contributed by atoms with Crippen LogP contribution in [0.5, 0.6) is 0 Å². The highest BCUT2D eigenvalue weighted by Gasteiger charge is 2.42. The number of ether oxygens (including phenoxy) is 1. The van der Waals surface area contributed by atoms with Crippen LogP contribution < -0.4 is 5.32 Å². The maximum absolute atomic E-state index is 14.9. The largest absolute Gasteiger partial charge is 0.464 e. The van der Waals surface area contributed by atoms with Gasteiger partial charge in [-0.1, -0.05) is 6.07 Å². The first-order valence-corrected chi connectivity index (χ1v) is 12.8. The number of tetrazole rings is 1. The third-order valence-corrected chi connectivity index (χ3v) is 7.88. The summed E-state index contributed by atoms with van der Waals surface area (Å²) in [6, 6.07) is 6.43. The zero-order chi connectivity index (χ0) is 27.1. The van der Waals surface area contributed by atoms with Crippen LogP contribution in [0.15, 0.2) is 35.2 Å². The Morgan fingerprint density at radius 2 is 1.97 bits per heavy atom. The van der Waals surface area contributed by atoms with E-state index in [1.54, 1.807) is 39.8 Å². The normalized spacial score (nSPS) is 15.7. The summed E-state index contributed by atoms with van der Waals surface area (Å²) in [7, 11) is -3.89. The lowest BCUT2D eigenvalue weighted by atomic mass is 10.1. The molecule has 196 valence electrons. The lowest BCUT2D eigenvalue weighted by Gasteiger charge is -2.29. The molecule has 3 aromatic rings. The number of sulfonamides is 1. The first-order chi connectivity index (χ1) is 17.3. The minimum atomic E-state index is -3.89. The molecular formula is C23H26FN7O5S. The van der Waals surface area contributed by atoms with Crippen molar-refractivity contribution in [3.8, 4) is 11.5 Å². The minimum Gasteiger partial charge on any atom is -0.464 e. The molecule has 0 saturated carbocycles. The molecule has 1 N–H and O–H groups in total. The summed E-state index contributed by atoms with van der Waals surface area (Å²) in [5.41, 5.74) is -0.550. The molecule has 3 heterocycles. The summed E-state index contributed by atoms with van der Waals surface area (Å²) < 4.78 is 48.7. The van der Waals surface area contributed by atoms with Crippen LogP contribution >= 0.6 is 0 Å². The van der Waals surface area contributed by atoms with Gasteiger partial charge in [0.1, 0.15) is 23.9 Å². The number of rotatable bonds is 6. The maximum Gasteiger partial charge on any atom is 0.302 e. The van der Waals surface area contributed by atoms with Crippen molar-refractivity contribution in [3.05, 3.63) is 47.3 Å². The van der Waals surface area contributed by atoms with E-state index in [1.807, 2.05) is 0 Å². The zero-order valence-corrected chi connectivity index (χ0v) is 21.7. The van der Waals surface area contributed by atoms with Gasteiger partial charge in [-0.25, -0.2) is 22.5 Å². The van der Waals surface area contributed by atoms with Crippen molar-refractivity contribution in [2.75, 3.05) is 11.9 Å². The molecular weight excluding hydrogens is 505 g/mol. The lowest BCUT2D eigenvalue weighted by Crippen LogP contribution is -2.41. The van der Waals surface area contributed by atoms with E-state index in [0.29, 0.717) is 11.3 Å². The van der Waals surface area contributed by atoms with Gasteiger partial charge in [-0.2, -0.15) is 4.31 Å². The molecule has 0 aliphatic carbocycles. The first-order valence-electron chi connectivity index (χ1n) is 11.3. The Morgan fingerprint density at radius 3 is 2.65 bits per heavy atom. The van der Waals surface area contributed by atoms with Gasteiger partial charge in [0.25, 0.3) is 5.91 Å². The van der Waals surface area contributed by atoms with Crippen LogP contribution in [0.2, 0.25) is 0 Å². The highest BCUT2D eigenvalue weighted by Crippen LogP contribution is 2.37. The monoisotopic (exact) mass is 531 g/mol. The van der Waals surface area contributed by atoms with Crippen molar-refractivity contribution in [1.82, 2.24) is 29.5 Å². The summed E-state index contributed by atoms with van der Waals surface area (Å²) in [5, 5.41) is 14.0. The van der Waals surface area contributed by atoms with Crippen LogP contribution in [-0.4, -0.2) is 61.9 Å². The average Bonchev–Trinajstić information content (AvgIpc) is 3.39. The van der Waals surface area contributed by atoms with Crippen LogP contribution in [0, 0.1) is 5.82 Å². The van der Waals surface area contributed by atoms with Crippen LogP contribution in [0.4, 0.5) is 10.2 Å². The molecule has 4 rings (SSSR count). The summed E-state index contributed by atoms with van der Waals surface area (Å²) >= 11 is 0. The Bertz CT molecular complexity index is 1480. The average molecular weight is 532 g/mol. The van der Waals surface area contributed by atoms with E-state index in [9.17, 15) is 22.4 Å². The molecule has 0 spiro atoms. The predicted octanol–water partition coefficient (Wildman–Crippen LogP) is 2.55. The summed E-state index contributed by atoms with van der Waals surface area (Å²) in [6.07, 6.45) is 0. The fourth-order valence-electron chi connectivity index (χ4n) is 3.87. The topological polar surface area (TPSA) is 149 Å². The van der Waals surface area contributed by atoms with Crippen molar-refractivity contribution < 1.29 is 27.1 Å². The Hall–Kier alpha value is -3.78. The number of hydrogen-bond acceptors (Lipinski definition) is 9. The number of halogens is 1. The smallest absolute Gasteiger partial charge is 0.302 e. The number of pyridine rings is 1. The van der Waals surface area contributed by atoms with Gasteiger partial charge in [0, 0.05) is 19.0 Å². The molecule has 1 atom stereocenters. The molecule has 0 fully saturated rings. The van der Waals surface area contributed by atoms with Crippen LogP contribution in [0.3, 0.4) is 0 Å². The number of fused-ring (bicyclic) bond motifs is 1. The number of nitrogens with one attached hydrogen (secondary N) is 1. The SMILES string of the molecule is CC(=O)OCC(C)n1nnnc1-c1cccc(NC(=O)c2cc3c(cc2F)CN(C(C)(C)C)S3(=O)=O)n1. The highest BCUT2D eigenvalue weighted by atomic mass is 32.2. The second-order valence-electron chi connectivity index (χ2n) is 9.58. The van der Waals surface area contributed by atoms with Crippen LogP contribution in [0.25, 0.3) is 11.5 Å². The molecule has 1 unspecified atom stereocenters. The van der Waals surface area contributed by atoms with Gasteiger partial charge in [-0.3, -0.25) is 9.59 Å². The molecule has 1 aliphatic heterocycles. The van der Waals surface area contributed by atoms with Gasteiger partial charge in [0.2, 0.25) is 15.8 Å². The Labute approximate surface area is 212 Å². The summed E-state index contributed by atoms with van der Waals surface area (Å²) in [4.78, 5) is 28.3. The summed E-state index contributed by atoms with van der Waals surface area (Å²) in [5.74, 6) is -1.82. The second kappa shape index (κ2) is 9.59. The molecule has 1 aromatic carbocycles. The second-order valence-corrected chi connectivity index (χ2v) is 11.4. The number of carbonyl (C=O) groups excluding carboxylic acids is 2. The van der Waals surface area contributed by atoms with Crippen LogP contribution in [-0.2, 0) is 26.1 Å². The standard InChI is InChI=1S/C23H26FN7O5S/c1-13(12-36-14(2)32)31-21(27-28-29-31)18-7-6-8-20(25-18)26-22(33)16-10-19-15(9-17(16)24)11-30(23(3,4)5)37(19,34)35/h6-10,13H,11-12H2,1-5H3,(H,25,26,33). The molecule has 0 radical (unpaired) electrons. The van der Waals surface area contributed by atoms with E-state index in [2.05, 4.69) is 25.8 Å². The number of esters is 1. The van der Waals surface area contributed by atoms with Crippen molar-refractivity contribution in [2.24, 2.45) is 0 Å². The number of hydrogen-bond donors (Lipinski definition) is 1. The fraction of sp³-hybridized carbons (Fsp3) is 0.391. The van der Waals surface area contributed by atoms with Crippen molar-refractivity contribution in [1.29, 1.82) is 0 Å². The molecule has 0 bridgehead atoms. The predicted molar refractivity (Wildman–Crippen MR) is 129 cm³/mol. The molecule has 12 nitrogen and oxygen atoms in total. The molecule has 2 aromatic heterocycles. The van der Waals surface area contributed by atoms with Gasteiger partial charge in [0.15, 0.2) is 0 Å². The van der Waals surface area contributed by atoms with Crippen molar-refractivity contribution in [3.63, 3.8) is 0 Å². The molecule has 0 saturated heterocycles. The molecule has 14 heteroatoms. The zero-order valence-electron chi connectivity index (χ0n) is 20.9. The fourth-order valence-corrected chi connectivity index (χ4v) is 5.86. The van der Waals surface area contributed by atoms with Crippen molar-refractivity contribution >= 4 is 27.7 Å². The van der Waals surface area contributed by atoms with E-state index in [0.717, 1.165) is 12.1 Å². The first kappa shape index (κ1) is 26.3. The van der Waals surface area contributed by atoms with E-state index >= 15 is 0 Å². The third kappa shape index (κ3) is 5.20. The summed E-state index contributed by atoms with van der Waals surface area (Å²) in [6.45, 7) is 8.33. The maximum atomic E-state index is 14.9. The third-order valence-electron chi connectivity index (χ3n) is 5.68. The number of nitrogens with zero attached hydrogens (tertiary/aromatic N) is 6. The molecule has 1 amide bonds. The van der Waals surface area contributed by atoms with E-state index < -0.39 is 44.9 Å². The Kier molecular flexibility index (Phi) is 6.81. The van der Waals surface area contributed by atoms with Gasteiger partial charge in [-0.15, -0.1) is 5.10 Å². The van der Waals surface area contributed by atoms with Gasteiger partial charge in [0.05, 0.1) is 16.5 Å². The molecule has 1 aliphatic rings. The molecule has 37 heavy (non-hydrogen) atoms. The number of aromatic nitrogens is 5. The Morgan fingerprint density at radius 1 is 1.24 bits per heavy atom. The van der Waals surface area contributed by atoms with E-state index in [-0.39, 0.29) is 29.7 Å². The number of anilines is 1. The number of carbonyl (C=O) groups is 2. The van der Waals surface area contributed by atoms with E-state index in [1.165, 1.54) is 22.0 Å². The number of amides is 1. The van der Waals surface area contributed by atoms with Gasteiger partial charge in [-0.05, 0) is 68.0 Å². The quantitative estimate of drug-likeness (QED) is 0.474. The van der Waals surface area contributed by atoms with E-state index in [4.69, 9.17) is 4.74 Å². The highest BCUT2D eigenvalue weighted by molar-refractivity contribution is 7.89. The minimum absolute atomic E-state index is 0.0220.